The second kappa shape index (κ2) is 4.88. The van der Waals surface area contributed by atoms with E-state index in [2.05, 4.69) is 0 Å². The Labute approximate surface area is 108 Å². The minimum Gasteiger partial charge on any atom is -0.494 e. The van der Waals surface area contributed by atoms with Crippen LogP contribution in [-0.2, 0) is 4.79 Å². The van der Waals surface area contributed by atoms with Crippen molar-refractivity contribution in [2.24, 2.45) is 0 Å². The Kier molecular flexibility index (Phi) is 3.89. The molecule has 0 bridgehead atoms. The van der Waals surface area contributed by atoms with Gasteiger partial charge in [0.1, 0.15) is 11.3 Å². The van der Waals surface area contributed by atoms with Crippen LogP contribution >= 0.6 is 0 Å². The van der Waals surface area contributed by atoms with E-state index in [0.29, 0.717) is 0 Å². The first-order valence-electron chi connectivity index (χ1n) is 5.84. The van der Waals surface area contributed by atoms with Crippen LogP contribution in [0.5, 0.6) is 5.75 Å². The summed E-state index contributed by atoms with van der Waals surface area (Å²) in [5.74, 6) is -0.149. The first-order chi connectivity index (χ1) is 8.21. The van der Waals surface area contributed by atoms with Gasteiger partial charge in [0.25, 0.3) is 0 Å². The molecule has 0 unspecified atom stereocenters. The second-order valence-electron chi connectivity index (χ2n) is 5.06. The van der Waals surface area contributed by atoms with Gasteiger partial charge in [-0.05, 0) is 44.9 Å². The van der Waals surface area contributed by atoms with Crippen molar-refractivity contribution in [1.29, 1.82) is 0 Å². The zero-order valence-corrected chi connectivity index (χ0v) is 11.9. The molecule has 0 amide bonds. The molecule has 1 rings (SSSR count). The summed E-state index contributed by atoms with van der Waals surface area (Å²) in [5.41, 5.74) is 1.88. The molecule has 0 spiro atoms. The highest BCUT2D eigenvalue weighted by molar-refractivity contribution is 5.83. The molecular weight excluding hydrogens is 230 g/mol. The fraction of sp³-hybridized carbons (Fsp3) is 0.500. The molecule has 0 saturated carbocycles. The number of aliphatic carboxylic acids is 1. The zero-order chi connectivity index (χ0) is 14.1. The van der Waals surface area contributed by atoms with E-state index in [9.17, 15) is 9.90 Å². The molecule has 0 saturated heterocycles. The van der Waals surface area contributed by atoms with Crippen molar-refractivity contribution in [3.8, 4) is 5.75 Å². The normalized spacial score (nSPS) is 11.2. The molecule has 0 aliphatic rings. The number of benzene rings is 1. The van der Waals surface area contributed by atoms with Crippen LogP contribution in [0, 0.1) is 13.8 Å². The van der Waals surface area contributed by atoms with E-state index in [0.717, 1.165) is 22.6 Å². The van der Waals surface area contributed by atoms with E-state index >= 15 is 0 Å². The van der Waals surface area contributed by atoms with Crippen molar-refractivity contribution in [2.75, 3.05) is 19.1 Å². The number of hydrogen-bond donors (Lipinski definition) is 1. The Balaban J connectivity index is 3.37. The van der Waals surface area contributed by atoms with Crippen LogP contribution in [0.15, 0.2) is 12.1 Å². The van der Waals surface area contributed by atoms with Gasteiger partial charge in [-0.15, -0.1) is 0 Å². The van der Waals surface area contributed by atoms with Gasteiger partial charge in [-0.25, -0.2) is 4.79 Å². The predicted octanol–water partition coefficient (Wildman–Crippen LogP) is 2.61. The summed E-state index contributed by atoms with van der Waals surface area (Å²) < 4.78 is 5.39. The van der Waals surface area contributed by atoms with Crippen molar-refractivity contribution in [3.05, 3.63) is 23.3 Å². The van der Waals surface area contributed by atoms with Gasteiger partial charge in [0, 0.05) is 7.05 Å². The molecule has 1 aromatic rings. The summed E-state index contributed by atoms with van der Waals surface area (Å²) in [6.07, 6.45) is 0. The van der Waals surface area contributed by atoms with E-state index < -0.39 is 11.5 Å². The van der Waals surface area contributed by atoms with E-state index in [4.69, 9.17) is 4.74 Å². The van der Waals surface area contributed by atoms with Crippen LogP contribution in [-0.4, -0.2) is 30.8 Å². The molecule has 0 atom stereocenters. The Bertz CT molecular complexity index is 466. The lowest BCUT2D eigenvalue weighted by atomic mass is 10.0. The summed E-state index contributed by atoms with van der Waals surface area (Å²) in [7, 11) is 3.37. The smallest absolute Gasteiger partial charge is 0.328 e. The number of rotatable bonds is 4. The van der Waals surface area contributed by atoms with Crippen molar-refractivity contribution < 1.29 is 14.6 Å². The number of carboxylic acid groups (broad SMARTS) is 1. The van der Waals surface area contributed by atoms with E-state index in [-0.39, 0.29) is 0 Å². The molecule has 4 nitrogen and oxygen atoms in total. The van der Waals surface area contributed by atoms with Crippen molar-refractivity contribution in [1.82, 2.24) is 0 Å². The van der Waals surface area contributed by atoms with E-state index in [1.54, 1.807) is 32.9 Å². The Morgan fingerprint density at radius 3 is 2.33 bits per heavy atom. The third-order valence-corrected chi connectivity index (χ3v) is 3.33. The monoisotopic (exact) mass is 251 g/mol. The SMILES string of the molecule is COc1c(C)cc(C)cc1N(C)C(C)(C)C(=O)O. The molecule has 1 aromatic carbocycles. The van der Waals surface area contributed by atoms with Gasteiger partial charge in [0.15, 0.2) is 0 Å². The van der Waals surface area contributed by atoms with Crippen molar-refractivity contribution >= 4 is 11.7 Å². The fourth-order valence-corrected chi connectivity index (χ4v) is 1.89. The average Bonchev–Trinajstić information content (AvgIpc) is 2.26. The maximum absolute atomic E-state index is 11.3. The number of nitrogens with zero attached hydrogens (tertiary/aromatic N) is 1. The van der Waals surface area contributed by atoms with Crippen LogP contribution < -0.4 is 9.64 Å². The highest BCUT2D eigenvalue weighted by atomic mass is 16.5. The van der Waals surface area contributed by atoms with Crippen LogP contribution in [0.25, 0.3) is 0 Å². The molecule has 0 radical (unpaired) electrons. The maximum atomic E-state index is 11.3. The molecule has 0 heterocycles. The van der Waals surface area contributed by atoms with Crippen LogP contribution in [0.2, 0.25) is 0 Å². The molecule has 0 aliphatic carbocycles. The van der Waals surface area contributed by atoms with Crippen LogP contribution in [0.3, 0.4) is 0 Å². The summed E-state index contributed by atoms with van der Waals surface area (Å²) in [6, 6.07) is 3.96. The lowest BCUT2D eigenvalue weighted by Gasteiger charge is -2.35. The summed E-state index contributed by atoms with van der Waals surface area (Å²) >= 11 is 0. The Morgan fingerprint density at radius 2 is 1.89 bits per heavy atom. The molecule has 1 N–H and O–H groups in total. The number of likely N-dealkylation sites (N-methyl/N-ethyl adjacent to an activating group) is 1. The standard InChI is InChI=1S/C14H21NO3/c1-9-7-10(2)12(18-6)11(8-9)15(5)14(3,4)13(16)17/h7-8H,1-6H3,(H,16,17). The molecular formula is C14H21NO3. The van der Waals surface area contributed by atoms with Gasteiger partial charge >= 0.3 is 5.97 Å². The maximum Gasteiger partial charge on any atom is 0.328 e. The summed E-state index contributed by atoms with van der Waals surface area (Å²) in [4.78, 5) is 13.1. The number of ether oxygens (including phenoxy) is 1. The molecule has 18 heavy (non-hydrogen) atoms. The number of aryl methyl sites for hydroxylation is 2. The Morgan fingerprint density at radius 1 is 1.33 bits per heavy atom. The summed E-state index contributed by atoms with van der Waals surface area (Å²) in [5, 5.41) is 9.29. The van der Waals surface area contributed by atoms with E-state index in [1.165, 1.54) is 0 Å². The minimum absolute atomic E-state index is 0.720. The average molecular weight is 251 g/mol. The largest absolute Gasteiger partial charge is 0.494 e. The number of hydrogen-bond acceptors (Lipinski definition) is 3. The number of carboxylic acids is 1. The van der Waals surface area contributed by atoms with Crippen LogP contribution in [0.4, 0.5) is 5.69 Å². The first kappa shape index (κ1) is 14.4. The fourth-order valence-electron chi connectivity index (χ4n) is 1.89. The summed E-state index contributed by atoms with van der Waals surface area (Å²) in [6.45, 7) is 7.29. The molecule has 0 fully saturated rings. The highest BCUT2D eigenvalue weighted by Gasteiger charge is 2.33. The number of anilines is 1. The van der Waals surface area contributed by atoms with Gasteiger partial charge < -0.3 is 14.7 Å². The van der Waals surface area contributed by atoms with Gasteiger partial charge in [0.2, 0.25) is 0 Å². The zero-order valence-electron chi connectivity index (χ0n) is 11.9. The lowest BCUT2D eigenvalue weighted by molar-refractivity contribution is -0.142. The predicted molar refractivity (Wildman–Crippen MR) is 72.6 cm³/mol. The van der Waals surface area contributed by atoms with Crippen LogP contribution in [0.1, 0.15) is 25.0 Å². The lowest BCUT2D eigenvalue weighted by Crippen LogP contribution is -2.48. The van der Waals surface area contributed by atoms with Crippen molar-refractivity contribution in [2.45, 2.75) is 33.2 Å². The molecule has 0 aliphatic heterocycles. The van der Waals surface area contributed by atoms with Gasteiger partial charge in [0.05, 0.1) is 12.8 Å². The third kappa shape index (κ3) is 2.42. The highest BCUT2D eigenvalue weighted by Crippen LogP contribution is 2.35. The van der Waals surface area contributed by atoms with Gasteiger partial charge in [-0.1, -0.05) is 6.07 Å². The molecule has 100 valence electrons. The van der Waals surface area contributed by atoms with Gasteiger partial charge in [-0.2, -0.15) is 0 Å². The molecule has 4 heteroatoms. The topological polar surface area (TPSA) is 49.8 Å². The first-order valence-corrected chi connectivity index (χ1v) is 5.84. The minimum atomic E-state index is -0.993. The second-order valence-corrected chi connectivity index (χ2v) is 5.06. The molecule has 0 aromatic heterocycles. The number of methoxy groups -OCH3 is 1. The van der Waals surface area contributed by atoms with Crippen molar-refractivity contribution in [3.63, 3.8) is 0 Å². The Hall–Kier alpha value is -1.71. The quantitative estimate of drug-likeness (QED) is 0.893. The number of carbonyl (C=O) groups is 1. The third-order valence-electron chi connectivity index (χ3n) is 3.33. The van der Waals surface area contributed by atoms with Gasteiger partial charge in [-0.3, -0.25) is 0 Å². The van der Waals surface area contributed by atoms with E-state index in [1.807, 2.05) is 26.0 Å².